The lowest BCUT2D eigenvalue weighted by atomic mass is 10.1. The summed E-state index contributed by atoms with van der Waals surface area (Å²) in [6.45, 7) is 0. The van der Waals surface area contributed by atoms with E-state index >= 15 is 0 Å². The maximum absolute atomic E-state index is 6.04. The summed E-state index contributed by atoms with van der Waals surface area (Å²) in [5, 5.41) is 0.628. The van der Waals surface area contributed by atoms with E-state index in [4.69, 9.17) is 17.3 Å². The third-order valence-electron chi connectivity index (χ3n) is 1.93. The maximum atomic E-state index is 6.04. The monoisotopic (exact) mass is 204 g/mol. The van der Waals surface area contributed by atoms with Gasteiger partial charge in [0.2, 0.25) is 0 Å². The first-order valence-electron chi connectivity index (χ1n) is 4.24. The molecule has 0 aliphatic heterocycles. The highest BCUT2D eigenvalue weighted by atomic mass is 35.5. The molecule has 0 atom stereocenters. The van der Waals surface area contributed by atoms with Crippen LogP contribution in [0.4, 0.5) is 5.69 Å². The first kappa shape index (κ1) is 9.03. The Morgan fingerprint density at radius 2 is 2.00 bits per heavy atom. The molecule has 0 aliphatic carbocycles. The zero-order valence-electron chi connectivity index (χ0n) is 7.44. The van der Waals surface area contributed by atoms with Crippen LogP contribution in [0.15, 0.2) is 42.6 Å². The molecule has 14 heavy (non-hydrogen) atoms. The second-order valence-corrected chi connectivity index (χ2v) is 3.36. The van der Waals surface area contributed by atoms with E-state index in [9.17, 15) is 0 Å². The van der Waals surface area contributed by atoms with Crippen LogP contribution in [0.2, 0.25) is 5.02 Å². The average Bonchev–Trinajstić information content (AvgIpc) is 2.19. The van der Waals surface area contributed by atoms with Gasteiger partial charge in [0.05, 0.1) is 10.7 Å². The summed E-state index contributed by atoms with van der Waals surface area (Å²) in [7, 11) is 0. The van der Waals surface area contributed by atoms with Gasteiger partial charge in [-0.2, -0.15) is 0 Å². The highest BCUT2D eigenvalue weighted by molar-refractivity contribution is 6.33. The molecule has 70 valence electrons. The third-order valence-corrected chi connectivity index (χ3v) is 2.25. The van der Waals surface area contributed by atoms with Crippen molar-refractivity contribution in [2.24, 2.45) is 0 Å². The number of halogens is 1. The van der Waals surface area contributed by atoms with E-state index in [1.165, 1.54) is 0 Å². The first-order chi connectivity index (χ1) is 6.77. The Bertz CT molecular complexity index is 440. The molecule has 1 aromatic heterocycles. The van der Waals surface area contributed by atoms with Crippen LogP contribution in [0, 0.1) is 0 Å². The van der Waals surface area contributed by atoms with Gasteiger partial charge >= 0.3 is 0 Å². The molecule has 0 radical (unpaired) electrons. The number of nitrogens with two attached hydrogens (primary N) is 1. The minimum atomic E-state index is 0.628. The Morgan fingerprint density at radius 1 is 1.14 bits per heavy atom. The molecule has 0 fully saturated rings. The molecule has 2 nitrogen and oxygen atoms in total. The van der Waals surface area contributed by atoms with Gasteiger partial charge in [0.15, 0.2) is 0 Å². The molecule has 0 saturated carbocycles. The van der Waals surface area contributed by atoms with Gasteiger partial charge in [-0.3, -0.25) is 4.98 Å². The molecule has 0 unspecified atom stereocenters. The molecule has 1 heterocycles. The van der Waals surface area contributed by atoms with Crippen molar-refractivity contribution in [3.8, 4) is 11.3 Å². The van der Waals surface area contributed by atoms with Gasteiger partial charge in [-0.1, -0.05) is 17.7 Å². The van der Waals surface area contributed by atoms with Gasteiger partial charge in [0, 0.05) is 17.4 Å². The smallest absolute Gasteiger partial charge is 0.0716 e. The number of hydrogen-bond donors (Lipinski definition) is 1. The van der Waals surface area contributed by atoms with Gasteiger partial charge in [-0.15, -0.1) is 0 Å². The molecule has 3 heteroatoms. The molecule has 0 bridgehead atoms. The lowest BCUT2D eigenvalue weighted by molar-refractivity contribution is 1.33. The molecule has 0 saturated heterocycles. The number of hydrogen-bond acceptors (Lipinski definition) is 2. The lowest BCUT2D eigenvalue weighted by Gasteiger charge is -2.03. The zero-order valence-corrected chi connectivity index (χ0v) is 8.20. The number of nitrogen functional groups attached to an aromatic ring is 1. The van der Waals surface area contributed by atoms with Gasteiger partial charge in [-0.05, 0) is 30.3 Å². The second-order valence-electron chi connectivity index (χ2n) is 2.95. The van der Waals surface area contributed by atoms with Gasteiger partial charge in [-0.25, -0.2) is 0 Å². The molecular weight excluding hydrogens is 196 g/mol. The van der Waals surface area contributed by atoms with Crippen LogP contribution < -0.4 is 5.73 Å². The summed E-state index contributed by atoms with van der Waals surface area (Å²) in [5.74, 6) is 0. The van der Waals surface area contributed by atoms with Crippen LogP contribution in [-0.4, -0.2) is 4.98 Å². The van der Waals surface area contributed by atoms with E-state index in [0.29, 0.717) is 10.7 Å². The SMILES string of the molecule is Nc1ccc(-c2ccccn2)c(Cl)c1. The fraction of sp³-hybridized carbons (Fsp3) is 0. The molecule has 1 aromatic carbocycles. The Labute approximate surface area is 87.4 Å². The van der Waals surface area contributed by atoms with Crippen molar-refractivity contribution < 1.29 is 0 Å². The van der Waals surface area contributed by atoms with E-state index in [0.717, 1.165) is 11.3 Å². The highest BCUT2D eigenvalue weighted by Crippen LogP contribution is 2.27. The van der Waals surface area contributed by atoms with Crippen molar-refractivity contribution in [1.29, 1.82) is 0 Å². The number of aromatic nitrogens is 1. The quantitative estimate of drug-likeness (QED) is 0.726. The van der Waals surface area contributed by atoms with Crippen molar-refractivity contribution in [1.82, 2.24) is 4.98 Å². The van der Waals surface area contributed by atoms with Crippen LogP contribution in [0.25, 0.3) is 11.3 Å². The van der Waals surface area contributed by atoms with E-state index in [1.54, 1.807) is 12.3 Å². The number of benzene rings is 1. The number of pyridine rings is 1. The van der Waals surface area contributed by atoms with Crippen molar-refractivity contribution in [2.75, 3.05) is 5.73 Å². The lowest BCUT2D eigenvalue weighted by Crippen LogP contribution is -1.87. The summed E-state index contributed by atoms with van der Waals surface area (Å²) >= 11 is 6.04. The van der Waals surface area contributed by atoms with Crippen molar-refractivity contribution >= 4 is 17.3 Å². The van der Waals surface area contributed by atoms with E-state index < -0.39 is 0 Å². The van der Waals surface area contributed by atoms with Crippen LogP contribution in [0.5, 0.6) is 0 Å². The maximum Gasteiger partial charge on any atom is 0.0716 e. The molecule has 0 amide bonds. The second kappa shape index (κ2) is 3.68. The largest absolute Gasteiger partial charge is 0.399 e. The fourth-order valence-electron chi connectivity index (χ4n) is 1.26. The van der Waals surface area contributed by atoms with E-state index in [1.807, 2.05) is 30.3 Å². The van der Waals surface area contributed by atoms with Gasteiger partial charge in [0.1, 0.15) is 0 Å². The summed E-state index contributed by atoms with van der Waals surface area (Å²) in [6, 6.07) is 11.1. The van der Waals surface area contributed by atoms with Crippen molar-refractivity contribution in [3.05, 3.63) is 47.6 Å². The molecule has 2 rings (SSSR count). The summed E-state index contributed by atoms with van der Waals surface area (Å²) in [4.78, 5) is 4.21. The topological polar surface area (TPSA) is 38.9 Å². The van der Waals surface area contributed by atoms with Crippen LogP contribution in [-0.2, 0) is 0 Å². The van der Waals surface area contributed by atoms with Gasteiger partial charge in [0.25, 0.3) is 0 Å². The predicted octanol–water partition coefficient (Wildman–Crippen LogP) is 2.98. The van der Waals surface area contributed by atoms with Crippen molar-refractivity contribution in [2.45, 2.75) is 0 Å². The van der Waals surface area contributed by atoms with Crippen LogP contribution >= 0.6 is 11.6 Å². The Balaban J connectivity index is 2.53. The minimum Gasteiger partial charge on any atom is -0.399 e. The Hall–Kier alpha value is -1.54. The molecule has 0 aliphatic rings. The average molecular weight is 205 g/mol. The summed E-state index contributed by atoms with van der Waals surface area (Å²) in [5.41, 5.74) is 8.03. The summed E-state index contributed by atoms with van der Waals surface area (Å²) in [6.07, 6.45) is 1.74. The standard InChI is InChI=1S/C11H9ClN2/c12-10-7-8(13)4-5-9(10)11-3-1-2-6-14-11/h1-7H,13H2. The Morgan fingerprint density at radius 3 is 2.64 bits per heavy atom. The zero-order chi connectivity index (χ0) is 9.97. The number of rotatable bonds is 1. The highest BCUT2D eigenvalue weighted by Gasteiger charge is 2.03. The Kier molecular flexibility index (Phi) is 2.37. The molecule has 0 spiro atoms. The first-order valence-corrected chi connectivity index (χ1v) is 4.61. The molecular formula is C11H9ClN2. The minimum absolute atomic E-state index is 0.628. The normalized spacial score (nSPS) is 10.1. The van der Waals surface area contributed by atoms with Gasteiger partial charge < -0.3 is 5.73 Å². The van der Waals surface area contributed by atoms with Crippen LogP contribution in [0.3, 0.4) is 0 Å². The van der Waals surface area contributed by atoms with E-state index in [2.05, 4.69) is 4.98 Å². The molecule has 2 aromatic rings. The summed E-state index contributed by atoms with van der Waals surface area (Å²) < 4.78 is 0. The number of nitrogens with zero attached hydrogens (tertiary/aromatic N) is 1. The number of anilines is 1. The predicted molar refractivity (Wildman–Crippen MR) is 59.1 cm³/mol. The molecule has 2 N–H and O–H groups in total. The third kappa shape index (κ3) is 1.70. The fourth-order valence-corrected chi connectivity index (χ4v) is 1.55. The van der Waals surface area contributed by atoms with Crippen molar-refractivity contribution in [3.63, 3.8) is 0 Å². The van der Waals surface area contributed by atoms with E-state index in [-0.39, 0.29) is 0 Å². The van der Waals surface area contributed by atoms with Crippen LogP contribution in [0.1, 0.15) is 0 Å².